The zero-order valence-corrected chi connectivity index (χ0v) is 8.89. The highest BCUT2D eigenvalue weighted by Crippen LogP contribution is 2.20. The molecule has 76 valence electrons. The van der Waals surface area contributed by atoms with Crippen LogP contribution in [0.5, 0.6) is 0 Å². The highest BCUT2D eigenvalue weighted by molar-refractivity contribution is 6.33. The summed E-state index contributed by atoms with van der Waals surface area (Å²) in [6.07, 6.45) is 3.74. The van der Waals surface area contributed by atoms with Gasteiger partial charge in [0.1, 0.15) is 0 Å². The Morgan fingerprint density at radius 2 is 2.14 bits per heavy atom. The van der Waals surface area contributed by atoms with Gasteiger partial charge in [-0.25, -0.2) is 0 Å². The largest absolute Gasteiger partial charge is 0.379 e. The summed E-state index contributed by atoms with van der Waals surface area (Å²) in [5, 5.41) is 10.9. The molecule has 0 fully saturated rings. The molecule has 0 aliphatic carbocycles. The van der Waals surface area contributed by atoms with E-state index in [0.29, 0.717) is 29.1 Å². The zero-order chi connectivity index (χ0) is 10.4. The first-order chi connectivity index (χ1) is 6.74. The predicted octanol–water partition coefficient (Wildman–Crippen LogP) is 1.71. The first-order valence-corrected chi connectivity index (χ1v) is 4.77. The van der Waals surface area contributed by atoms with Crippen molar-refractivity contribution in [3.63, 3.8) is 0 Å². The van der Waals surface area contributed by atoms with Crippen molar-refractivity contribution in [3.05, 3.63) is 28.5 Å². The highest BCUT2D eigenvalue weighted by Gasteiger charge is 2.01. The van der Waals surface area contributed by atoms with Crippen molar-refractivity contribution in [2.45, 2.75) is 0 Å². The molecule has 0 radical (unpaired) electrons. The molecule has 0 amide bonds. The summed E-state index contributed by atoms with van der Waals surface area (Å²) >= 11 is 11.4. The van der Waals surface area contributed by atoms with Crippen LogP contribution < -0.4 is 11.1 Å². The number of rotatable bonds is 4. The molecular weight excluding hydrogens is 223 g/mol. The number of nitrogens with two attached hydrogens (primary N) is 1. The van der Waals surface area contributed by atoms with Gasteiger partial charge in [-0.3, -0.25) is 0 Å². The summed E-state index contributed by atoms with van der Waals surface area (Å²) in [5.74, 6) is 0. The monoisotopic (exact) mass is 232 g/mol. The van der Waals surface area contributed by atoms with Gasteiger partial charge in [-0.1, -0.05) is 35.4 Å². The second kappa shape index (κ2) is 5.80. The Morgan fingerprint density at radius 1 is 1.36 bits per heavy atom. The molecule has 0 aromatic carbocycles. The average Bonchev–Trinajstić information content (AvgIpc) is 2.18. The zero-order valence-electron chi connectivity index (χ0n) is 7.37. The van der Waals surface area contributed by atoms with Crippen LogP contribution in [0, 0.1) is 0 Å². The van der Waals surface area contributed by atoms with Crippen molar-refractivity contribution >= 4 is 28.9 Å². The highest BCUT2D eigenvalue weighted by atomic mass is 35.5. The lowest BCUT2D eigenvalue weighted by Crippen LogP contribution is -2.02. The molecule has 1 rings (SSSR count). The quantitative estimate of drug-likeness (QED) is 0.777. The Bertz CT molecular complexity index is 327. The lowest BCUT2D eigenvalue weighted by molar-refractivity contribution is 1.03. The van der Waals surface area contributed by atoms with Crippen LogP contribution in [0.1, 0.15) is 0 Å². The van der Waals surface area contributed by atoms with Gasteiger partial charge in [0.25, 0.3) is 0 Å². The Balaban J connectivity index is 2.57. The van der Waals surface area contributed by atoms with Crippen LogP contribution in [-0.2, 0) is 0 Å². The van der Waals surface area contributed by atoms with Crippen LogP contribution >= 0.6 is 23.2 Å². The Kier molecular flexibility index (Phi) is 4.65. The van der Waals surface area contributed by atoms with Crippen LogP contribution in [0.4, 0.5) is 5.69 Å². The summed E-state index contributed by atoms with van der Waals surface area (Å²) in [6.45, 7) is 1.14. The number of nitrogens with zero attached hydrogens (tertiary/aromatic N) is 2. The third-order valence-corrected chi connectivity index (χ3v) is 1.90. The summed E-state index contributed by atoms with van der Waals surface area (Å²) in [5.41, 5.74) is 5.94. The van der Waals surface area contributed by atoms with Crippen LogP contribution in [0.25, 0.3) is 0 Å². The lowest BCUT2D eigenvalue weighted by Gasteiger charge is -2.03. The van der Waals surface area contributed by atoms with Gasteiger partial charge in [0, 0.05) is 19.2 Å². The molecule has 0 bridgehead atoms. The van der Waals surface area contributed by atoms with Gasteiger partial charge in [-0.15, -0.1) is 10.2 Å². The maximum Gasteiger partial charge on any atom is 0.174 e. The van der Waals surface area contributed by atoms with Gasteiger partial charge < -0.3 is 11.1 Å². The van der Waals surface area contributed by atoms with E-state index in [1.165, 1.54) is 0 Å². The molecule has 0 atom stereocenters. The van der Waals surface area contributed by atoms with E-state index < -0.39 is 0 Å². The fraction of sp³-hybridized carbons (Fsp3) is 0.250. The van der Waals surface area contributed by atoms with E-state index in [0.717, 1.165) is 0 Å². The van der Waals surface area contributed by atoms with Crippen molar-refractivity contribution in [2.24, 2.45) is 5.73 Å². The lowest BCUT2D eigenvalue weighted by atomic mass is 10.4. The third kappa shape index (κ3) is 3.49. The summed E-state index contributed by atoms with van der Waals surface area (Å²) in [7, 11) is 0. The summed E-state index contributed by atoms with van der Waals surface area (Å²) < 4.78 is 0. The first kappa shape index (κ1) is 11.2. The minimum absolute atomic E-state index is 0.301. The molecule has 0 aliphatic rings. The first-order valence-electron chi connectivity index (χ1n) is 4.01. The maximum atomic E-state index is 5.77. The third-order valence-electron chi connectivity index (χ3n) is 1.43. The van der Waals surface area contributed by atoms with Crippen LogP contribution in [-0.4, -0.2) is 23.3 Å². The van der Waals surface area contributed by atoms with Crippen molar-refractivity contribution in [1.29, 1.82) is 0 Å². The van der Waals surface area contributed by atoms with Crippen molar-refractivity contribution < 1.29 is 0 Å². The topological polar surface area (TPSA) is 63.8 Å². The predicted molar refractivity (Wildman–Crippen MR) is 58.7 cm³/mol. The number of anilines is 1. The van der Waals surface area contributed by atoms with Crippen molar-refractivity contribution in [2.75, 3.05) is 18.4 Å². The molecule has 4 nitrogen and oxygen atoms in total. The number of halogens is 2. The van der Waals surface area contributed by atoms with Gasteiger partial charge in [-0.05, 0) is 0 Å². The number of nitrogens with one attached hydrogen (secondary N) is 1. The molecule has 0 saturated heterocycles. The van der Waals surface area contributed by atoms with Gasteiger partial charge in [0.05, 0.1) is 5.69 Å². The van der Waals surface area contributed by atoms with Gasteiger partial charge in [0.2, 0.25) is 0 Å². The Hall–Kier alpha value is -0.840. The minimum atomic E-state index is 0.301. The van der Waals surface area contributed by atoms with E-state index in [9.17, 15) is 0 Å². The second-order valence-corrected chi connectivity index (χ2v) is 3.20. The van der Waals surface area contributed by atoms with E-state index in [1.54, 1.807) is 6.07 Å². The maximum absolute atomic E-state index is 5.77. The van der Waals surface area contributed by atoms with Gasteiger partial charge in [0.15, 0.2) is 10.3 Å². The Morgan fingerprint density at radius 3 is 2.86 bits per heavy atom. The van der Waals surface area contributed by atoms with Crippen LogP contribution in [0.15, 0.2) is 18.2 Å². The minimum Gasteiger partial charge on any atom is -0.379 e. The smallest absolute Gasteiger partial charge is 0.174 e. The van der Waals surface area contributed by atoms with Crippen LogP contribution in [0.2, 0.25) is 10.3 Å². The molecule has 1 heterocycles. The fourth-order valence-corrected chi connectivity index (χ4v) is 1.13. The summed E-state index contributed by atoms with van der Waals surface area (Å²) in [6, 6.07) is 1.62. The molecule has 0 spiro atoms. The number of hydrogen-bond donors (Lipinski definition) is 2. The van der Waals surface area contributed by atoms with E-state index in [1.807, 2.05) is 12.2 Å². The molecule has 0 unspecified atom stereocenters. The van der Waals surface area contributed by atoms with Crippen molar-refractivity contribution in [1.82, 2.24) is 10.2 Å². The molecule has 3 N–H and O–H groups in total. The van der Waals surface area contributed by atoms with E-state index in [4.69, 9.17) is 28.9 Å². The van der Waals surface area contributed by atoms with Crippen LogP contribution in [0.3, 0.4) is 0 Å². The van der Waals surface area contributed by atoms with Gasteiger partial charge in [-0.2, -0.15) is 0 Å². The fourth-order valence-electron chi connectivity index (χ4n) is 0.825. The molecule has 1 aromatic heterocycles. The molecule has 6 heteroatoms. The molecule has 1 aromatic rings. The molecular formula is C8H10Cl2N4. The van der Waals surface area contributed by atoms with Gasteiger partial charge >= 0.3 is 0 Å². The number of aromatic nitrogens is 2. The van der Waals surface area contributed by atoms with Crippen molar-refractivity contribution in [3.8, 4) is 0 Å². The van der Waals surface area contributed by atoms with E-state index >= 15 is 0 Å². The normalized spacial score (nSPS) is 10.8. The summed E-state index contributed by atoms with van der Waals surface area (Å²) in [4.78, 5) is 0. The number of hydrogen-bond acceptors (Lipinski definition) is 4. The molecule has 0 saturated carbocycles. The standard InChI is InChI=1S/C8H10Cl2N4/c9-7-5-6(8(10)14-13-7)12-4-2-1-3-11/h1-2,5H,3-4,11H2,(H,12,13)/b2-1+. The Labute approximate surface area is 92.1 Å². The van der Waals surface area contributed by atoms with E-state index in [-0.39, 0.29) is 0 Å². The average molecular weight is 233 g/mol. The second-order valence-electron chi connectivity index (χ2n) is 2.46. The van der Waals surface area contributed by atoms with E-state index in [2.05, 4.69) is 15.5 Å². The molecule has 0 aliphatic heterocycles. The molecule has 14 heavy (non-hydrogen) atoms. The SMILES string of the molecule is NC/C=C/CNc1cc(Cl)nnc1Cl.